The number of allylic oxidation sites excluding steroid dienone is 1. The van der Waals surface area contributed by atoms with E-state index in [4.69, 9.17) is 9.47 Å². The minimum Gasteiger partial charge on any atom is -0.467 e. The maximum atomic E-state index is 12.7. The number of hydrogen-bond acceptors (Lipinski definition) is 4. The molecule has 0 saturated carbocycles. The van der Waals surface area contributed by atoms with E-state index in [9.17, 15) is 9.59 Å². The van der Waals surface area contributed by atoms with E-state index in [2.05, 4.69) is 5.32 Å². The average molecular weight is 303 g/mol. The van der Waals surface area contributed by atoms with Crippen LogP contribution in [0.2, 0.25) is 0 Å². The van der Waals surface area contributed by atoms with E-state index in [1.807, 2.05) is 42.5 Å². The molecule has 5 heteroatoms. The highest BCUT2D eigenvalue weighted by Gasteiger charge is 2.49. The molecule has 0 aromatic heterocycles. The molecule has 0 bridgehead atoms. The van der Waals surface area contributed by atoms with Crippen LogP contribution >= 0.6 is 0 Å². The molecule has 0 aliphatic heterocycles. The van der Waals surface area contributed by atoms with E-state index in [0.29, 0.717) is 5.56 Å². The lowest BCUT2D eigenvalue weighted by Crippen LogP contribution is -2.57. The number of amides is 1. The number of rotatable bonds is 4. The Hall–Kier alpha value is -2.30. The van der Waals surface area contributed by atoms with Crippen molar-refractivity contribution in [3.63, 3.8) is 0 Å². The summed E-state index contributed by atoms with van der Waals surface area (Å²) in [5.41, 5.74) is -0.594. The minimum absolute atomic E-state index is 0.185. The van der Waals surface area contributed by atoms with Gasteiger partial charge in [0.05, 0.1) is 14.2 Å². The highest BCUT2D eigenvalue weighted by molar-refractivity contribution is 5.88. The normalized spacial score (nSPS) is 19.8. The topological polar surface area (TPSA) is 64.6 Å². The molecule has 118 valence electrons. The van der Waals surface area contributed by atoms with Gasteiger partial charge in [-0.3, -0.25) is 0 Å². The van der Waals surface area contributed by atoms with Crippen molar-refractivity contribution in [3.05, 3.63) is 48.0 Å². The zero-order valence-electron chi connectivity index (χ0n) is 12.9. The molecule has 22 heavy (non-hydrogen) atoms. The molecule has 1 aromatic rings. The quantitative estimate of drug-likeness (QED) is 0.686. The smallest absolute Gasteiger partial charge is 0.408 e. The molecule has 2 rings (SSSR count). The molecule has 5 nitrogen and oxygen atoms in total. The minimum atomic E-state index is -1.28. The molecule has 1 aliphatic carbocycles. The van der Waals surface area contributed by atoms with Crippen LogP contribution < -0.4 is 5.32 Å². The Labute approximate surface area is 130 Å². The summed E-state index contributed by atoms with van der Waals surface area (Å²) in [6, 6.07) is 9.15. The maximum absolute atomic E-state index is 12.7. The van der Waals surface area contributed by atoms with Crippen molar-refractivity contribution in [2.24, 2.45) is 5.92 Å². The lowest BCUT2D eigenvalue weighted by Gasteiger charge is -2.38. The summed E-state index contributed by atoms with van der Waals surface area (Å²) < 4.78 is 9.76. The first kappa shape index (κ1) is 16.1. The Bertz CT molecular complexity index is 555. The molecular formula is C17H21NO4. The third-order valence-corrected chi connectivity index (χ3v) is 4.03. The number of nitrogens with one attached hydrogen (secondary N) is 1. The molecule has 0 saturated heterocycles. The summed E-state index contributed by atoms with van der Waals surface area (Å²) in [5, 5.41) is 2.73. The van der Waals surface area contributed by atoms with Gasteiger partial charge in [-0.2, -0.15) is 0 Å². The zero-order chi connectivity index (χ0) is 16.0. The predicted octanol–water partition coefficient (Wildman–Crippen LogP) is 2.77. The predicted molar refractivity (Wildman–Crippen MR) is 82.2 cm³/mol. The highest BCUT2D eigenvalue weighted by Crippen LogP contribution is 2.37. The van der Waals surface area contributed by atoms with Crippen molar-refractivity contribution in [2.45, 2.75) is 24.8 Å². The Morgan fingerprint density at radius 1 is 1.18 bits per heavy atom. The zero-order valence-corrected chi connectivity index (χ0v) is 12.9. The fraction of sp³-hybridized carbons (Fsp3) is 0.412. The second kappa shape index (κ2) is 7.11. The van der Waals surface area contributed by atoms with Gasteiger partial charge in [-0.25, -0.2) is 9.59 Å². The van der Waals surface area contributed by atoms with E-state index in [-0.39, 0.29) is 5.92 Å². The summed E-state index contributed by atoms with van der Waals surface area (Å²) in [6.45, 7) is 0. The molecule has 1 amide bonds. The first-order valence-corrected chi connectivity index (χ1v) is 7.32. The molecule has 0 heterocycles. The van der Waals surface area contributed by atoms with Crippen LogP contribution in [-0.2, 0) is 19.8 Å². The Balaban J connectivity index is 2.57. The number of benzene rings is 1. The standard InChI is InChI=1S/C17H21NO4/c1-21-15(19)17(18-16(20)22-2,13-9-5-3-6-10-13)14-11-7-4-8-12-14/h3,5-7,9-11,14H,4,8,12H2,1-2H3,(H,18,20). The van der Waals surface area contributed by atoms with Crippen LogP contribution in [0.4, 0.5) is 4.79 Å². The summed E-state index contributed by atoms with van der Waals surface area (Å²) in [5.74, 6) is -0.684. The van der Waals surface area contributed by atoms with Crippen molar-refractivity contribution >= 4 is 12.1 Å². The number of ether oxygens (including phenoxy) is 2. The SMILES string of the molecule is COC(=O)NC(C(=O)OC)(c1ccccc1)C1C=CCCC1. The second-order valence-corrected chi connectivity index (χ2v) is 5.25. The first-order valence-electron chi connectivity index (χ1n) is 7.32. The molecule has 0 fully saturated rings. The van der Waals surface area contributed by atoms with Crippen molar-refractivity contribution in [1.82, 2.24) is 5.32 Å². The fourth-order valence-corrected chi connectivity index (χ4v) is 2.95. The van der Waals surface area contributed by atoms with Crippen LogP contribution in [0.25, 0.3) is 0 Å². The largest absolute Gasteiger partial charge is 0.467 e. The van der Waals surface area contributed by atoms with Crippen LogP contribution in [-0.4, -0.2) is 26.3 Å². The van der Waals surface area contributed by atoms with Gasteiger partial charge in [-0.15, -0.1) is 0 Å². The van der Waals surface area contributed by atoms with Gasteiger partial charge in [0.15, 0.2) is 5.54 Å². The first-order chi connectivity index (χ1) is 10.6. The highest BCUT2D eigenvalue weighted by atomic mass is 16.5. The van der Waals surface area contributed by atoms with Crippen LogP contribution in [0.1, 0.15) is 24.8 Å². The van der Waals surface area contributed by atoms with Crippen molar-refractivity contribution in [1.29, 1.82) is 0 Å². The lowest BCUT2D eigenvalue weighted by molar-refractivity contribution is -0.151. The van der Waals surface area contributed by atoms with Crippen LogP contribution in [0.5, 0.6) is 0 Å². The van der Waals surface area contributed by atoms with Gasteiger partial charge < -0.3 is 14.8 Å². The van der Waals surface area contributed by atoms with E-state index in [0.717, 1.165) is 19.3 Å². The summed E-state index contributed by atoms with van der Waals surface area (Å²) in [4.78, 5) is 24.6. The number of esters is 1. The van der Waals surface area contributed by atoms with Gasteiger partial charge in [0.2, 0.25) is 0 Å². The monoisotopic (exact) mass is 303 g/mol. The maximum Gasteiger partial charge on any atom is 0.408 e. The second-order valence-electron chi connectivity index (χ2n) is 5.25. The third-order valence-electron chi connectivity index (χ3n) is 4.03. The molecule has 2 atom stereocenters. The molecule has 1 N–H and O–H groups in total. The molecule has 0 radical (unpaired) electrons. The molecule has 2 unspecified atom stereocenters. The van der Waals surface area contributed by atoms with Crippen LogP contribution in [0.15, 0.2) is 42.5 Å². The number of hydrogen-bond donors (Lipinski definition) is 1. The molecular weight excluding hydrogens is 282 g/mol. The van der Waals surface area contributed by atoms with Gasteiger partial charge in [-0.1, -0.05) is 42.5 Å². The van der Waals surface area contributed by atoms with Gasteiger partial charge in [-0.05, 0) is 24.8 Å². The number of carbonyl (C=O) groups excluding carboxylic acids is 2. The molecule has 1 aliphatic rings. The van der Waals surface area contributed by atoms with Crippen molar-refractivity contribution in [2.75, 3.05) is 14.2 Å². The number of alkyl carbamates (subject to hydrolysis) is 1. The van der Waals surface area contributed by atoms with Crippen LogP contribution in [0.3, 0.4) is 0 Å². The average Bonchev–Trinajstić information content (AvgIpc) is 2.60. The van der Waals surface area contributed by atoms with E-state index in [1.54, 1.807) is 0 Å². The Morgan fingerprint density at radius 2 is 1.91 bits per heavy atom. The van der Waals surface area contributed by atoms with E-state index in [1.165, 1.54) is 14.2 Å². The van der Waals surface area contributed by atoms with E-state index < -0.39 is 17.6 Å². The summed E-state index contributed by atoms with van der Waals surface area (Å²) >= 11 is 0. The molecule has 0 spiro atoms. The number of carbonyl (C=O) groups is 2. The van der Waals surface area contributed by atoms with Crippen LogP contribution in [0, 0.1) is 5.92 Å². The van der Waals surface area contributed by atoms with Crippen molar-refractivity contribution in [3.8, 4) is 0 Å². The van der Waals surface area contributed by atoms with E-state index >= 15 is 0 Å². The van der Waals surface area contributed by atoms with Gasteiger partial charge in [0.1, 0.15) is 0 Å². The van der Waals surface area contributed by atoms with Crippen molar-refractivity contribution < 1.29 is 19.1 Å². The summed E-state index contributed by atoms with van der Waals surface area (Å²) in [6.07, 6.45) is 6.06. The summed E-state index contributed by atoms with van der Waals surface area (Å²) in [7, 11) is 2.60. The van der Waals surface area contributed by atoms with Gasteiger partial charge >= 0.3 is 12.1 Å². The fourth-order valence-electron chi connectivity index (χ4n) is 2.95. The molecule has 1 aromatic carbocycles. The van der Waals surface area contributed by atoms with Gasteiger partial charge in [0, 0.05) is 5.92 Å². The lowest BCUT2D eigenvalue weighted by atomic mass is 9.73. The Morgan fingerprint density at radius 3 is 2.45 bits per heavy atom. The Kier molecular flexibility index (Phi) is 5.20. The number of methoxy groups -OCH3 is 2. The van der Waals surface area contributed by atoms with Gasteiger partial charge in [0.25, 0.3) is 0 Å². The third kappa shape index (κ3) is 2.98.